The average molecular weight is 448 g/mol. The van der Waals surface area contributed by atoms with E-state index in [0.29, 0.717) is 12.0 Å². The first-order chi connectivity index (χ1) is 14.9. The molecule has 6 heteroatoms. The Bertz CT molecular complexity index is 659. The molecule has 0 unspecified atom stereocenters. The zero-order chi connectivity index (χ0) is 22.9. The number of anilines is 1. The fourth-order valence-corrected chi connectivity index (χ4v) is 3.58. The molecule has 0 aliphatic carbocycles. The van der Waals surface area contributed by atoms with Gasteiger partial charge < -0.3 is 16.0 Å². The molecule has 0 aliphatic rings. The highest BCUT2D eigenvalue weighted by molar-refractivity contribution is 7.80. The zero-order valence-corrected chi connectivity index (χ0v) is 20.4. The first-order valence-corrected chi connectivity index (χ1v) is 12.3. The molecule has 0 spiro atoms. The molecule has 31 heavy (non-hydrogen) atoms. The molecule has 0 aromatic heterocycles. The van der Waals surface area contributed by atoms with Crippen LogP contribution in [0.25, 0.3) is 0 Å². The summed E-state index contributed by atoms with van der Waals surface area (Å²) in [6, 6.07) is 7.11. The van der Waals surface area contributed by atoms with Crippen molar-refractivity contribution in [2.24, 2.45) is 0 Å². The van der Waals surface area contributed by atoms with Gasteiger partial charge in [-0.15, -0.1) is 0 Å². The maximum absolute atomic E-state index is 12.1. The van der Waals surface area contributed by atoms with E-state index in [1.165, 1.54) is 57.8 Å². The van der Waals surface area contributed by atoms with Crippen LogP contribution in [0.15, 0.2) is 24.3 Å². The normalized spacial score (nSPS) is 10.7. The summed E-state index contributed by atoms with van der Waals surface area (Å²) < 4.78 is 0. The number of unbranched alkanes of at least 4 members (excludes halogenated alkanes) is 10. The summed E-state index contributed by atoms with van der Waals surface area (Å²) in [5.74, 6) is -0.161. The number of hydrogen-bond donors (Lipinski definition) is 3. The Morgan fingerprint density at radius 2 is 1.35 bits per heavy atom. The Kier molecular flexibility index (Phi) is 14.6. The van der Waals surface area contributed by atoms with Crippen LogP contribution < -0.4 is 16.0 Å². The lowest BCUT2D eigenvalue weighted by Crippen LogP contribution is -2.34. The quantitative estimate of drug-likeness (QED) is 0.217. The lowest BCUT2D eigenvalue weighted by molar-refractivity contribution is -0.119. The van der Waals surface area contributed by atoms with Crippen molar-refractivity contribution in [3.05, 3.63) is 29.8 Å². The minimum atomic E-state index is -0.107. The Balaban J connectivity index is 2.11. The van der Waals surface area contributed by atoms with Gasteiger partial charge in [0.1, 0.15) is 0 Å². The van der Waals surface area contributed by atoms with E-state index in [4.69, 9.17) is 12.2 Å². The van der Waals surface area contributed by atoms with E-state index in [1.54, 1.807) is 24.3 Å². The molecule has 3 N–H and O–H groups in total. The third-order valence-electron chi connectivity index (χ3n) is 5.09. The first-order valence-electron chi connectivity index (χ1n) is 11.9. The second-order valence-corrected chi connectivity index (χ2v) is 8.90. The molecule has 1 aromatic rings. The average Bonchev–Trinajstić information content (AvgIpc) is 2.72. The Labute approximate surface area is 194 Å². The zero-order valence-electron chi connectivity index (χ0n) is 19.6. The second kappa shape index (κ2) is 16.7. The summed E-state index contributed by atoms with van der Waals surface area (Å²) >= 11 is 5.22. The van der Waals surface area contributed by atoms with Crippen molar-refractivity contribution in [2.75, 3.05) is 5.32 Å². The monoisotopic (exact) mass is 447 g/mol. The van der Waals surface area contributed by atoms with Crippen LogP contribution in [0, 0.1) is 0 Å². The predicted molar refractivity (Wildman–Crippen MR) is 134 cm³/mol. The van der Waals surface area contributed by atoms with Gasteiger partial charge in [-0.3, -0.25) is 9.59 Å². The SMILES string of the molecule is CCCCCCCCCCCCCC(=O)NC(=S)Nc1ccc(C(=O)NC(C)C)cc1. The number of benzene rings is 1. The van der Waals surface area contributed by atoms with Gasteiger partial charge in [0, 0.05) is 23.7 Å². The van der Waals surface area contributed by atoms with E-state index in [9.17, 15) is 9.59 Å². The molecule has 2 amide bonds. The van der Waals surface area contributed by atoms with Crippen LogP contribution in [0.5, 0.6) is 0 Å². The Morgan fingerprint density at radius 1 is 0.839 bits per heavy atom. The van der Waals surface area contributed by atoms with Crippen LogP contribution in [0.4, 0.5) is 5.69 Å². The van der Waals surface area contributed by atoms with Gasteiger partial charge in [0.15, 0.2) is 5.11 Å². The van der Waals surface area contributed by atoms with E-state index >= 15 is 0 Å². The summed E-state index contributed by atoms with van der Waals surface area (Å²) in [7, 11) is 0. The maximum Gasteiger partial charge on any atom is 0.251 e. The molecule has 0 fully saturated rings. The molecule has 0 saturated carbocycles. The highest BCUT2D eigenvalue weighted by Crippen LogP contribution is 2.12. The summed E-state index contributed by atoms with van der Waals surface area (Å²) in [6.45, 7) is 6.09. The summed E-state index contributed by atoms with van der Waals surface area (Å²) in [4.78, 5) is 24.0. The van der Waals surface area contributed by atoms with Gasteiger partial charge >= 0.3 is 0 Å². The highest BCUT2D eigenvalue weighted by Gasteiger charge is 2.08. The fraction of sp³-hybridized carbons (Fsp3) is 0.640. The van der Waals surface area contributed by atoms with E-state index in [2.05, 4.69) is 22.9 Å². The van der Waals surface area contributed by atoms with E-state index in [0.717, 1.165) is 18.5 Å². The summed E-state index contributed by atoms with van der Waals surface area (Å²) in [5, 5.41) is 8.86. The second-order valence-electron chi connectivity index (χ2n) is 8.49. The van der Waals surface area contributed by atoms with Crippen molar-refractivity contribution in [1.82, 2.24) is 10.6 Å². The number of hydrogen-bond acceptors (Lipinski definition) is 3. The van der Waals surface area contributed by atoms with Crippen LogP contribution in [0.1, 0.15) is 108 Å². The van der Waals surface area contributed by atoms with Crippen LogP contribution >= 0.6 is 12.2 Å². The number of carbonyl (C=O) groups excluding carboxylic acids is 2. The molecule has 0 heterocycles. The largest absolute Gasteiger partial charge is 0.350 e. The van der Waals surface area contributed by atoms with Crippen LogP contribution in [-0.2, 0) is 4.79 Å². The smallest absolute Gasteiger partial charge is 0.251 e. The van der Waals surface area contributed by atoms with Gasteiger partial charge in [-0.25, -0.2) is 0 Å². The van der Waals surface area contributed by atoms with Crippen molar-refractivity contribution in [3.63, 3.8) is 0 Å². The van der Waals surface area contributed by atoms with Crippen molar-refractivity contribution in [1.29, 1.82) is 0 Å². The first kappa shape index (κ1) is 27.1. The minimum absolute atomic E-state index is 0.0543. The molecule has 0 radical (unpaired) electrons. The topological polar surface area (TPSA) is 70.2 Å². The van der Waals surface area contributed by atoms with Gasteiger partial charge in [0.2, 0.25) is 5.91 Å². The lowest BCUT2D eigenvalue weighted by Gasteiger charge is -2.11. The van der Waals surface area contributed by atoms with Crippen LogP contribution in [0.2, 0.25) is 0 Å². The number of nitrogens with one attached hydrogen (secondary N) is 3. The number of amides is 2. The third kappa shape index (κ3) is 13.9. The van der Waals surface area contributed by atoms with Gasteiger partial charge in [-0.2, -0.15) is 0 Å². The molecule has 174 valence electrons. The lowest BCUT2D eigenvalue weighted by atomic mass is 10.1. The molecular formula is C25H41N3O2S. The van der Waals surface area contributed by atoms with Gasteiger partial charge in [-0.05, 0) is 56.8 Å². The molecule has 1 rings (SSSR count). The number of rotatable bonds is 15. The van der Waals surface area contributed by atoms with Crippen LogP contribution in [0.3, 0.4) is 0 Å². The van der Waals surface area contributed by atoms with E-state index in [-0.39, 0.29) is 23.0 Å². The molecule has 0 aliphatic heterocycles. The van der Waals surface area contributed by atoms with Crippen LogP contribution in [-0.4, -0.2) is 23.0 Å². The Hall–Kier alpha value is -1.95. The van der Waals surface area contributed by atoms with Gasteiger partial charge in [0.25, 0.3) is 5.91 Å². The van der Waals surface area contributed by atoms with Crippen molar-refractivity contribution < 1.29 is 9.59 Å². The van der Waals surface area contributed by atoms with Crippen molar-refractivity contribution >= 4 is 34.8 Å². The number of thiocarbonyl (C=S) groups is 1. The van der Waals surface area contributed by atoms with Crippen molar-refractivity contribution in [2.45, 2.75) is 104 Å². The third-order valence-corrected chi connectivity index (χ3v) is 5.29. The Morgan fingerprint density at radius 3 is 1.87 bits per heavy atom. The van der Waals surface area contributed by atoms with E-state index < -0.39 is 0 Å². The standard InChI is InChI=1S/C25H41N3O2S/c1-4-5-6-7-8-9-10-11-12-13-14-15-23(29)28-25(31)27-22-18-16-21(17-19-22)24(30)26-20(2)3/h16-20H,4-15H2,1-3H3,(H,26,30)(H2,27,28,29,31). The molecule has 0 atom stereocenters. The minimum Gasteiger partial charge on any atom is -0.350 e. The molecular weight excluding hydrogens is 406 g/mol. The predicted octanol–water partition coefficient (Wildman–Crippen LogP) is 6.34. The fourth-order valence-electron chi connectivity index (χ4n) is 3.35. The number of carbonyl (C=O) groups is 2. The van der Waals surface area contributed by atoms with E-state index in [1.807, 2.05) is 13.8 Å². The van der Waals surface area contributed by atoms with Crippen molar-refractivity contribution in [3.8, 4) is 0 Å². The highest BCUT2D eigenvalue weighted by atomic mass is 32.1. The molecule has 1 aromatic carbocycles. The molecule has 0 bridgehead atoms. The molecule has 0 saturated heterocycles. The summed E-state index contributed by atoms with van der Waals surface area (Å²) in [5.41, 5.74) is 1.33. The summed E-state index contributed by atoms with van der Waals surface area (Å²) in [6.07, 6.45) is 14.4. The molecule has 5 nitrogen and oxygen atoms in total. The maximum atomic E-state index is 12.1. The van der Waals surface area contributed by atoms with Gasteiger partial charge in [-0.1, -0.05) is 71.1 Å². The van der Waals surface area contributed by atoms with Gasteiger partial charge in [0.05, 0.1) is 0 Å².